The van der Waals surface area contributed by atoms with E-state index in [0.29, 0.717) is 28.8 Å². The van der Waals surface area contributed by atoms with Crippen LogP contribution in [0.15, 0.2) is 47.4 Å². The molecule has 8 heteroatoms. The van der Waals surface area contributed by atoms with Crippen LogP contribution in [0.1, 0.15) is 11.1 Å². The second kappa shape index (κ2) is 8.76. The molecule has 0 bridgehead atoms. The van der Waals surface area contributed by atoms with Gasteiger partial charge in [-0.2, -0.15) is 9.37 Å². The van der Waals surface area contributed by atoms with Crippen LogP contribution in [-0.2, 0) is 6.42 Å². The molecule has 1 aliphatic rings. The molecule has 7 nitrogen and oxygen atoms in total. The number of nitrogens with two attached hydrogens (primary N) is 1. The number of hydrogen-bond acceptors (Lipinski definition) is 6. The van der Waals surface area contributed by atoms with E-state index in [1.807, 2.05) is 39.2 Å². The SMILES string of the molecule is CNC.Cc1c[nH]c(=O)c2ccc(-c3nc(-c4ccc5c(c4)CCO5)c(F)nc3N)cc12. The van der Waals surface area contributed by atoms with E-state index in [4.69, 9.17) is 10.5 Å². The first-order chi connectivity index (χ1) is 15.4. The Labute approximate surface area is 184 Å². The number of ether oxygens (including phenoxy) is 1. The van der Waals surface area contributed by atoms with E-state index >= 15 is 0 Å². The number of pyridine rings is 1. The number of benzene rings is 2. The van der Waals surface area contributed by atoms with E-state index in [1.165, 1.54) is 0 Å². The first kappa shape index (κ1) is 21.5. The third kappa shape index (κ3) is 3.92. The van der Waals surface area contributed by atoms with Gasteiger partial charge in [0.05, 0.1) is 6.61 Å². The average molecular weight is 433 g/mol. The number of fused-ring (bicyclic) bond motifs is 2. The van der Waals surface area contributed by atoms with Gasteiger partial charge in [0, 0.05) is 29.1 Å². The number of H-pyrrole nitrogens is 1. The highest BCUT2D eigenvalue weighted by atomic mass is 19.1. The van der Waals surface area contributed by atoms with Crippen LogP contribution >= 0.6 is 0 Å². The van der Waals surface area contributed by atoms with Crippen molar-refractivity contribution in [3.8, 4) is 28.3 Å². The van der Waals surface area contributed by atoms with E-state index in [9.17, 15) is 9.18 Å². The molecule has 4 N–H and O–H groups in total. The number of halogens is 1. The summed E-state index contributed by atoms with van der Waals surface area (Å²) in [5.41, 5.74) is 9.55. The summed E-state index contributed by atoms with van der Waals surface area (Å²) in [5.74, 6) is 0.0872. The lowest BCUT2D eigenvalue weighted by atomic mass is 10.0. The normalized spacial score (nSPS) is 12.1. The van der Waals surface area contributed by atoms with Crippen molar-refractivity contribution < 1.29 is 9.13 Å². The fraction of sp³-hybridized carbons (Fsp3) is 0.208. The summed E-state index contributed by atoms with van der Waals surface area (Å²) < 4.78 is 20.1. The van der Waals surface area contributed by atoms with Crippen molar-refractivity contribution in [3.05, 3.63) is 70.0 Å². The maximum absolute atomic E-state index is 14.6. The number of nitrogen functional groups attached to an aromatic ring is 1. The molecule has 2 aromatic heterocycles. The van der Waals surface area contributed by atoms with Gasteiger partial charge in [0.2, 0.25) is 5.95 Å². The van der Waals surface area contributed by atoms with Crippen molar-refractivity contribution in [1.29, 1.82) is 0 Å². The van der Waals surface area contributed by atoms with Crippen molar-refractivity contribution in [2.45, 2.75) is 13.3 Å². The van der Waals surface area contributed by atoms with E-state index in [-0.39, 0.29) is 17.1 Å². The molecule has 32 heavy (non-hydrogen) atoms. The Kier molecular flexibility index (Phi) is 5.87. The molecule has 0 atom stereocenters. The van der Waals surface area contributed by atoms with Gasteiger partial charge >= 0.3 is 0 Å². The fourth-order valence-corrected chi connectivity index (χ4v) is 3.70. The summed E-state index contributed by atoms with van der Waals surface area (Å²) in [6, 6.07) is 10.8. The van der Waals surface area contributed by atoms with Gasteiger partial charge in [0.1, 0.15) is 17.1 Å². The monoisotopic (exact) mass is 433 g/mol. The number of nitrogens with one attached hydrogen (secondary N) is 2. The largest absolute Gasteiger partial charge is 0.493 e. The number of aryl methyl sites for hydroxylation is 1. The maximum Gasteiger partial charge on any atom is 0.255 e. The quantitative estimate of drug-likeness (QED) is 0.447. The van der Waals surface area contributed by atoms with Crippen LogP contribution in [0.25, 0.3) is 33.3 Å². The summed E-state index contributed by atoms with van der Waals surface area (Å²) in [4.78, 5) is 23.2. The number of nitrogens with zero attached hydrogens (tertiary/aromatic N) is 2. The Bertz CT molecular complexity index is 1370. The molecule has 0 unspecified atom stereocenters. The van der Waals surface area contributed by atoms with Gasteiger partial charge in [-0.25, -0.2) is 4.98 Å². The van der Waals surface area contributed by atoms with Crippen molar-refractivity contribution in [3.63, 3.8) is 0 Å². The zero-order valence-corrected chi connectivity index (χ0v) is 18.1. The Hall–Kier alpha value is -3.78. The van der Waals surface area contributed by atoms with Crippen molar-refractivity contribution >= 4 is 16.6 Å². The van der Waals surface area contributed by atoms with Crippen molar-refractivity contribution in [2.24, 2.45) is 0 Å². The zero-order chi connectivity index (χ0) is 22.8. The highest BCUT2D eigenvalue weighted by molar-refractivity contribution is 5.90. The third-order valence-electron chi connectivity index (χ3n) is 5.23. The van der Waals surface area contributed by atoms with Gasteiger partial charge in [-0.05, 0) is 67.9 Å². The average Bonchev–Trinajstić information content (AvgIpc) is 3.25. The molecule has 0 spiro atoms. The fourth-order valence-electron chi connectivity index (χ4n) is 3.70. The zero-order valence-electron chi connectivity index (χ0n) is 18.1. The molecule has 4 aromatic rings. The van der Waals surface area contributed by atoms with E-state index in [2.05, 4.69) is 20.3 Å². The maximum atomic E-state index is 14.6. The number of aromatic nitrogens is 3. The van der Waals surface area contributed by atoms with Crippen LogP contribution < -0.4 is 21.3 Å². The highest BCUT2D eigenvalue weighted by Gasteiger charge is 2.19. The molecular weight excluding hydrogens is 409 g/mol. The van der Waals surface area contributed by atoms with E-state index in [0.717, 1.165) is 28.7 Å². The summed E-state index contributed by atoms with van der Waals surface area (Å²) in [6.07, 6.45) is 2.44. The summed E-state index contributed by atoms with van der Waals surface area (Å²) >= 11 is 0. The van der Waals surface area contributed by atoms with Gasteiger partial charge in [-0.1, -0.05) is 6.07 Å². The Morgan fingerprint density at radius 2 is 1.78 bits per heavy atom. The van der Waals surface area contributed by atoms with Crippen molar-refractivity contribution in [1.82, 2.24) is 20.3 Å². The van der Waals surface area contributed by atoms with E-state index < -0.39 is 5.95 Å². The molecule has 0 aliphatic carbocycles. The molecule has 3 heterocycles. The number of hydrogen-bond donors (Lipinski definition) is 3. The predicted octanol–water partition coefficient (Wildman–Crippen LogP) is 3.45. The van der Waals surface area contributed by atoms with Crippen LogP contribution in [0.4, 0.5) is 10.2 Å². The first-order valence-electron chi connectivity index (χ1n) is 10.2. The number of rotatable bonds is 2. The lowest BCUT2D eigenvalue weighted by molar-refractivity contribution is 0.357. The standard InChI is InChI=1S/C22H17FN4O2.C2H7N/c1-11-10-25-22(28)15-4-2-14(9-16(11)15)19-21(24)27-20(23)18(26-19)13-3-5-17-12(8-13)6-7-29-17;1-3-2/h2-5,8-10H,6-7H2,1H3,(H2,24,27)(H,25,28);3H,1-2H3. The molecule has 164 valence electrons. The second-order valence-electron chi connectivity index (χ2n) is 7.58. The van der Waals surface area contributed by atoms with Crippen LogP contribution in [0.3, 0.4) is 0 Å². The molecule has 0 amide bonds. The topological polar surface area (TPSA) is 106 Å². The first-order valence-corrected chi connectivity index (χ1v) is 10.2. The minimum absolute atomic E-state index is 0.00223. The van der Waals surface area contributed by atoms with Crippen molar-refractivity contribution in [2.75, 3.05) is 26.4 Å². The number of aromatic amines is 1. The van der Waals surface area contributed by atoms with E-state index in [1.54, 1.807) is 24.4 Å². The van der Waals surface area contributed by atoms with Gasteiger partial charge < -0.3 is 20.8 Å². The molecule has 5 rings (SSSR count). The van der Waals surface area contributed by atoms with Crippen LogP contribution in [0.5, 0.6) is 5.75 Å². The lowest BCUT2D eigenvalue weighted by Gasteiger charge is -2.11. The minimum atomic E-state index is -0.724. The summed E-state index contributed by atoms with van der Waals surface area (Å²) in [7, 11) is 3.75. The Balaban J connectivity index is 0.000000775. The molecule has 0 saturated heterocycles. The van der Waals surface area contributed by atoms with Gasteiger partial charge in [-0.15, -0.1) is 0 Å². The molecule has 1 aliphatic heterocycles. The minimum Gasteiger partial charge on any atom is -0.493 e. The molecule has 0 saturated carbocycles. The highest BCUT2D eigenvalue weighted by Crippen LogP contribution is 2.33. The second-order valence-corrected chi connectivity index (χ2v) is 7.58. The Morgan fingerprint density at radius 1 is 1.06 bits per heavy atom. The molecule has 2 aromatic carbocycles. The van der Waals surface area contributed by atoms with Gasteiger partial charge in [-0.3, -0.25) is 4.79 Å². The molecular formula is C24H24FN5O2. The summed E-state index contributed by atoms with van der Waals surface area (Å²) in [5, 5.41) is 4.11. The number of anilines is 1. The van der Waals surface area contributed by atoms with Crippen LogP contribution in [-0.4, -0.2) is 35.7 Å². The predicted molar refractivity (Wildman–Crippen MR) is 124 cm³/mol. The van der Waals surface area contributed by atoms with Gasteiger partial charge in [0.25, 0.3) is 5.56 Å². The Morgan fingerprint density at radius 3 is 2.56 bits per heavy atom. The summed E-state index contributed by atoms with van der Waals surface area (Å²) in [6.45, 7) is 2.52. The van der Waals surface area contributed by atoms with Crippen LogP contribution in [0, 0.1) is 12.9 Å². The van der Waals surface area contributed by atoms with Crippen LogP contribution in [0.2, 0.25) is 0 Å². The van der Waals surface area contributed by atoms with Gasteiger partial charge in [0.15, 0.2) is 5.82 Å². The smallest absolute Gasteiger partial charge is 0.255 e. The molecule has 0 fully saturated rings. The lowest BCUT2D eigenvalue weighted by Crippen LogP contribution is -2.07. The third-order valence-corrected chi connectivity index (χ3v) is 5.23. The molecule has 0 radical (unpaired) electrons.